The zero-order valence-corrected chi connectivity index (χ0v) is 17.9. The summed E-state index contributed by atoms with van der Waals surface area (Å²) in [6, 6.07) is 13.9. The van der Waals surface area contributed by atoms with Crippen LogP contribution in [0.15, 0.2) is 65.7 Å². The van der Waals surface area contributed by atoms with Crippen molar-refractivity contribution < 1.29 is 13.2 Å². The molecule has 0 spiro atoms. The number of sulfonamides is 1. The monoisotopic (exact) mass is 436 g/mol. The Labute approximate surface area is 181 Å². The highest BCUT2D eigenvalue weighted by Crippen LogP contribution is 2.22. The van der Waals surface area contributed by atoms with Gasteiger partial charge in [0.1, 0.15) is 0 Å². The summed E-state index contributed by atoms with van der Waals surface area (Å²) in [4.78, 5) is 21.3. The van der Waals surface area contributed by atoms with Crippen molar-refractivity contribution in [2.45, 2.75) is 30.6 Å². The zero-order valence-electron chi connectivity index (χ0n) is 17.1. The van der Waals surface area contributed by atoms with Crippen molar-refractivity contribution in [2.75, 3.05) is 18.4 Å². The van der Waals surface area contributed by atoms with Crippen LogP contribution in [0.2, 0.25) is 0 Å². The van der Waals surface area contributed by atoms with Crippen molar-refractivity contribution in [1.82, 2.24) is 14.3 Å². The molecule has 2 aromatic carbocycles. The Morgan fingerprint density at radius 2 is 1.71 bits per heavy atom. The quantitative estimate of drug-likeness (QED) is 0.614. The van der Waals surface area contributed by atoms with E-state index in [1.54, 1.807) is 34.8 Å². The molecule has 1 amide bonds. The van der Waals surface area contributed by atoms with Crippen molar-refractivity contribution in [3.05, 3.63) is 66.5 Å². The van der Waals surface area contributed by atoms with Crippen LogP contribution in [0.3, 0.4) is 0 Å². The van der Waals surface area contributed by atoms with Crippen molar-refractivity contribution in [3.8, 4) is 0 Å². The number of nitrogens with zero attached hydrogens (tertiary/aromatic N) is 3. The van der Waals surface area contributed by atoms with Crippen molar-refractivity contribution in [2.24, 2.45) is 0 Å². The molecule has 1 saturated heterocycles. The highest BCUT2D eigenvalue weighted by molar-refractivity contribution is 7.89. The Morgan fingerprint density at radius 1 is 0.968 bits per heavy atom. The number of carbonyl (C=O) groups is 1. The zero-order chi connectivity index (χ0) is 21.7. The highest BCUT2D eigenvalue weighted by Gasteiger charge is 2.25. The van der Waals surface area contributed by atoms with E-state index < -0.39 is 10.0 Å². The molecule has 0 unspecified atom stereocenters. The van der Waals surface area contributed by atoms with Crippen LogP contribution in [-0.2, 0) is 14.8 Å². The van der Waals surface area contributed by atoms with Crippen LogP contribution < -0.4 is 5.32 Å². The molecule has 0 saturated carbocycles. The third-order valence-electron chi connectivity index (χ3n) is 5.18. The second kappa shape index (κ2) is 9.36. The fourth-order valence-corrected chi connectivity index (χ4v) is 5.13. The van der Waals surface area contributed by atoms with Gasteiger partial charge in [-0.1, -0.05) is 31.0 Å². The predicted octanol–water partition coefficient (Wildman–Crippen LogP) is 3.85. The van der Waals surface area contributed by atoms with Crippen LogP contribution in [0.1, 0.15) is 31.4 Å². The number of hydrogen-bond donors (Lipinski definition) is 1. The number of rotatable bonds is 5. The number of benzene rings is 2. The number of aromatic nitrogens is 2. The lowest BCUT2D eigenvalue weighted by Gasteiger charge is -2.20. The maximum Gasteiger partial charge on any atom is 0.248 e. The van der Waals surface area contributed by atoms with Crippen molar-refractivity contribution >= 4 is 38.7 Å². The van der Waals surface area contributed by atoms with Gasteiger partial charge >= 0.3 is 0 Å². The molecule has 1 aromatic heterocycles. The summed E-state index contributed by atoms with van der Waals surface area (Å²) in [7, 11) is -3.57. The van der Waals surface area contributed by atoms with Gasteiger partial charge in [0.05, 0.1) is 27.8 Å². The summed E-state index contributed by atoms with van der Waals surface area (Å²) in [5.74, 6) is -0.376. The molecule has 1 aliphatic rings. The van der Waals surface area contributed by atoms with Gasteiger partial charge in [-0.15, -0.1) is 0 Å². The number of hydrogen-bond acceptors (Lipinski definition) is 5. The van der Waals surface area contributed by atoms with E-state index in [1.807, 2.05) is 24.3 Å². The van der Waals surface area contributed by atoms with Gasteiger partial charge in [0.2, 0.25) is 15.9 Å². The first-order valence-corrected chi connectivity index (χ1v) is 11.8. The molecule has 4 rings (SSSR count). The molecular weight excluding hydrogens is 412 g/mol. The molecule has 2 heterocycles. The van der Waals surface area contributed by atoms with E-state index in [9.17, 15) is 13.2 Å². The Balaban J connectivity index is 1.46. The van der Waals surface area contributed by atoms with Gasteiger partial charge in [-0.05, 0) is 49.2 Å². The molecule has 8 heteroatoms. The molecule has 0 bridgehead atoms. The third kappa shape index (κ3) is 5.15. The Bertz CT molecular complexity index is 1220. The maximum atomic E-state index is 13.0. The van der Waals surface area contributed by atoms with E-state index in [2.05, 4.69) is 15.3 Å². The molecule has 0 atom stereocenters. The van der Waals surface area contributed by atoms with Crippen LogP contribution in [-0.4, -0.2) is 41.7 Å². The van der Waals surface area contributed by atoms with E-state index in [0.29, 0.717) is 24.5 Å². The molecule has 160 valence electrons. The number of nitrogens with one attached hydrogen (secondary N) is 1. The molecule has 0 radical (unpaired) electrons. The third-order valence-corrected chi connectivity index (χ3v) is 7.07. The summed E-state index contributed by atoms with van der Waals surface area (Å²) in [6.07, 6.45) is 8.38. The Morgan fingerprint density at radius 3 is 2.48 bits per heavy atom. The van der Waals surface area contributed by atoms with Crippen molar-refractivity contribution in [3.63, 3.8) is 0 Å². The van der Waals surface area contributed by atoms with E-state index in [1.165, 1.54) is 12.1 Å². The van der Waals surface area contributed by atoms with Gasteiger partial charge < -0.3 is 5.32 Å². The highest BCUT2D eigenvalue weighted by atomic mass is 32.2. The summed E-state index contributed by atoms with van der Waals surface area (Å²) in [6.45, 7) is 1.07. The molecular formula is C23H24N4O3S. The molecule has 0 aliphatic carbocycles. The van der Waals surface area contributed by atoms with Crippen LogP contribution >= 0.6 is 0 Å². The fourth-order valence-electron chi connectivity index (χ4n) is 3.56. The van der Waals surface area contributed by atoms with Gasteiger partial charge in [-0.2, -0.15) is 4.31 Å². The van der Waals surface area contributed by atoms with Crippen LogP contribution in [0.5, 0.6) is 0 Å². The normalized spacial score (nSPS) is 15.7. The van der Waals surface area contributed by atoms with Gasteiger partial charge in [-0.25, -0.2) is 13.4 Å². The summed E-state index contributed by atoms with van der Waals surface area (Å²) >= 11 is 0. The summed E-state index contributed by atoms with van der Waals surface area (Å²) < 4.78 is 27.5. The average Bonchev–Trinajstić information content (AvgIpc) is 3.08. The number of carbonyl (C=O) groups excluding carboxylic acids is 1. The first-order chi connectivity index (χ1) is 15.0. The molecule has 3 aromatic rings. The van der Waals surface area contributed by atoms with Gasteiger partial charge in [0.25, 0.3) is 0 Å². The second-order valence-corrected chi connectivity index (χ2v) is 9.39. The van der Waals surface area contributed by atoms with Gasteiger partial charge in [-0.3, -0.25) is 9.78 Å². The lowest BCUT2D eigenvalue weighted by molar-refractivity contribution is -0.111. The largest absolute Gasteiger partial charge is 0.322 e. The van der Waals surface area contributed by atoms with Crippen LogP contribution in [0, 0.1) is 0 Å². The smallest absolute Gasteiger partial charge is 0.248 e. The first-order valence-electron chi connectivity index (χ1n) is 10.3. The molecule has 1 aliphatic heterocycles. The lowest BCUT2D eigenvalue weighted by Crippen LogP contribution is -2.32. The molecule has 1 N–H and O–H groups in total. The average molecular weight is 437 g/mol. The van der Waals surface area contributed by atoms with Gasteiger partial charge in [0.15, 0.2) is 0 Å². The Kier molecular flexibility index (Phi) is 6.39. The van der Waals surface area contributed by atoms with Crippen LogP contribution in [0.4, 0.5) is 5.69 Å². The maximum absolute atomic E-state index is 13.0. The standard InChI is InChI=1S/C23H24N4O3S/c28-23(13-12-19-17-24-21-10-3-4-11-22(21)25-19)26-18-8-7-9-20(16-18)31(29,30)27-14-5-1-2-6-15-27/h3-4,7-13,16-17H,1-2,5-6,14-15H2,(H,26,28)/b13-12+. The van der Waals surface area contributed by atoms with E-state index >= 15 is 0 Å². The minimum absolute atomic E-state index is 0.191. The van der Waals surface area contributed by atoms with E-state index in [4.69, 9.17) is 0 Å². The first kappa shape index (κ1) is 21.1. The number of para-hydroxylation sites is 2. The minimum Gasteiger partial charge on any atom is -0.322 e. The second-order valence-electron chi connectivity index (χ2n) is 7.45. The fraction of sp³-hybridized carbons (Fsp3) is 0.261. The van der Waals surface area contributed by atoms with Crippen LogP contribution in [0.25, 0.3) is 17.1 Å². The molecule has 7 nitrogen and oxygen atoms in total. The summed E-state index contributed by atoms with van der Waals surface area (Å²) in [5.41, 5.74) is 2.52. The van der Waals surface area contributed by atoms with E-state index in [-0.39, 0.29) is 10.8 Å². The van der Waals surface area contributed by atoms with E-state index in [0.717, 1.165) is 36.7 Å². The lowest BCUT2D eigenvalue weighted by atomic mass is 10.2. The number of anilines is 1. The topological polar surface area (TPSA) is 92.3 Å². The number of amides is 1. The van der Waals surface area contributed by atoms with Crippen molar-refractivity contribution in [1.29, 1.82) is 0 Å². The van der Waals surface area contributed by atoms with Gasteiger partial charge in [0, 0.05) is 24.9 Å². The SMILES string of the molecule is O=C(/C=C/c1cnc2ccccc2n1)Nc1cccc(S(=O)(=O)N2CCCCCC2)c1. The molecule has 31 heavy (non-hydrogen) atoms. The Hall–Kier alpha value is -3.10. The minimum atomic E-state index is -3.57. The predicted molar refractivity (Wildman–Crippen MR) is 121 cm³/mol. The summed E-state index contributed by atoms with van der Waals surface area (Å²) in [5, 5.41) is 2.72. The number of fused-ring (bicyclic) bond motifs is 1. The molecule has 1 fully saturated rings.